The van der Waals surface area contributed by atoms with Gasteiger partial charge in [0.25, 0.3) is 11.8 Å². The number of guanidine groups is 1. The van der Waals surface area contributed by atoms with Gasteiger partial charge in [0.2, 0.25) is 0 Å². The van der Waals surface area contributed by atoms with E-state index in [1.165, 1.54) is 12.1 Å². The third-order valence-electron chi connectivity index (χ3n) is 6.39. The van der Waals surface area contributed by atoms with Gasteiger partial charge in [-0.15, -0.1) is 0 Å². The van der Waals surface area contributed by atoms with Gasteiger partial charge in [-0.25, -0.2) is 4.79 Å². The van der Waals surface area contributed by atoms with E-state index < -0.39 is 41.9 Å². The summed E-state index contributed by atoms with van der Waals surface area (Å²) in [5, 5.41) is 23.7. The summed E-state index contributed by atoms with van der Waals surface area (Å²) in [7, 11) is 1.84. The molecule has 2 amide bonds. The lowest BCUT2D eigenvalue weighted by molar-refractivity contribution is -0.140. The van der Waals surface area contributed by atoms with Crippen LogP contribution in [0.4, 0.5) is 5.69 Å². The van der Waals surface area contributed by atoms with Gasteiger partial charge in [-0.05, 0) is 44.7 Å². The monoisotopic (exact) mass is 475 g/mol. The molecule has 34 heavy (non-hydrogen) atoms. The van der Waals surface area contributed by atoms with Crippen molar-refractivity contribution < 1.29 is 29.4 Å². The number of nitrogens with zero attached hydrogens (tertiary/aromatic N) is 3. The zero-order valence-electron chi connectivity index (χ0n) is 18.9. The highest BCUT2D eigenvalue weighted by Gasteiger charge is 2.61. The summed E-state index contributed by atoms with van der Waals surface area (Å²) >= 11 is 0. The van der Waals surface area contributed by atoms with Crippen molar-refractivity contribution >= 4 is 35.4 Å². The lowest BCUT2D eigenvalue weighted by Crippen LogP contribution is -2.72. The van der Waals surface area contributed by atoms with Gasteiger partial charge in [-0.2, -0.15) is 4.99 Å². The number of aliphatic carboxylic acids is 2. The predicted molar refractivity (Wildman–Crippen MR) is 122 cm³/mol. The van der Waals surface area contributed by atoms with Crippen molar-refractivity contribution in [3.05, 3.63) is 29.8 Å². The lowest BCUT2D eigenvalue weighted by atomic mass is 9.95. The molecular formula is C21H29N7O6. The second-order valence-electron chi connectivity index (χ2n) is 8.42. The minimum atomic E-state index is -1.33. The summed E-state index contributed by atoms with van der Waals surface area (Å²) in [6, 6.07) is 4.71. The molecule has 2 saturated heterocycles. The number of nitrogens with two attached hydrogens (primary N) is 2. The van der Waals surface area contributed by atoms with Gasteiger partial charge in [-0.3, -0.25) is 19.3 Å². The van der Waals surface area contributed by atoms with Crippen molar-refractivity contribution in [3.63, 3.8) is 0 Å². The van der Waals surface area contributed by atoms with Crippen LogP contribution in [0.15, 0.2) is 29.3 Å². The number of carboxylic acid groups (broad SMARTS) is 2. The van der Waals surface area contributed by atoms with Gasteiger partial charge >= 0.3 is 11.9 Å². The van der Waals surface area contributed by atoms with Crippen LogP contribution < -0.4 is 27.0 Å². The van der Waals surface area contributed by atoms with E-state index in [0.29, 0.717) is 18.8 Å². The number of carbonyl (C=O) groups is 4. The largest absolute Gasteiger partial charge is 0.481 e. The normalized spacial score (nSPS) is 24.8. The van der Waals surface area contributed by atoms with Gasteiger partial charge in [-0.1, -0.05) is 0 Å². The predicted octanol–water partition coefficient (Wildman–Crippen LogP) is -1.66. The Morgan fingerprint density at radius 3 is 2.44 bits per heavy atom. The Morgan fingerprint density at radius 2 is 1.88 bits per heavy atom. The molecule has 0 saturated carbocycles. The molecule has 4 unspecified atom stereocenters. The van der Waals surface area contributed by atoms with Crippen molar-refractivity contribution in [2.24, 2.45) is 16.5 Å². The average molecular weight is 476 g/mol. The number of benzene rings is 1. The maximum absolute atomic E-state index is 13.2. The Bertz CT molecular complexity index is 1010. The van der Waals surface area contributed by atoms with E-state index in [0.717, 1.165) is 0 Å². The highest BCUT2D eigenvalue weighted by Crippen LogP contribution is 2.40. The number of hydrogen-bond donors (Lipinski definition) is 6. The summed E-state index contributed by atoms with van der Waals surface area (Å²) in [5.74, 6) is -3.97. The van der Waals surface area contributed by atoms with Crippen LogP contribution in [0.25, 0.3) is 0 Å². The number of likely N-dealkylation sites (N-methyl/N-ethyl adjacent to an activating group) is 1. The van der Waals surface area contributed by atoms with Crippen LogP contribution in [0.1, 0.15) is 30.1 Å². The molecule has 2 bridgehead atoms. The standard InChI is InChI=1S/C21H29N7O6/c1-11-21(19(34)26-20(22)23)27(2)14(9-24-11)10-28(21)13-5-3-12(4-6-13)17(31)25-15(18(32)33)7-8-16(29)30/h3-6,11,14-15,24H,7-10H2,1-2H3,(H,25,31)(H,29,30)(H,32,33)(H4,22,23,26,34). The molecule has 2 fully saturated rings. The second kappa shape index (κ2) is 9.65. The fourth-order valence-corrected chi connectivity index (χ4v) is 4.65. The van der Waals surface area contributed by atoms with Crippen LogP contribution in [0.2, 0.25) is 0 Å². The number of anilines is 1. The van der Waals surface area contributed by atoms with Crippen molar-refractivity contribution in [1.82, 2.24) is 15.5 Å². The van der Waals surface area contributed by atoms with Crippen LogP contribution in [-0.4, -0.2) is 88.8 Å². The summed E-state index contributed by atoms with van der Waals surface area (Å²) < 4.78 is 0. The first-order valence-corrected chi connectivity index (χ1v) is 10.7. The lowest BCUT2D eigenvalue weighted by Gasteiger charge is -2.48. The molecule has 184 valence electrons. The van der Waals surface area contributed by atoms with Crippen molar-refractivity contribution in [3.8, 4) is 0 Å². The molecule has 1 aromatic rings. The Labute approximate surface area is 195 Å². The smallest absolute Gasteiger partial charge is 0.326 e. The van der Waals surface area contributed by atoms with Crippen LogP contribution in [-0.2, 0) is 14.4 Å². The number of carbonyl (C=O) groups excluding carboxylic acids is 2. The Balaban J connectivity index is 1.86. The molecule has 3 rings (SSSR count). The number of nitrogens with one attached hydrogen (secondary N) is 2. The first-order valence-electron chi connectivity index (χ1n) is 10.7. The number of piperazine rings is 1. The van der Waals surface area contributed by atoms with E-state index in [1.54, 1.807) is 12.1 Å². The van der Waals surface area contributed by atoms with E-state index in [1.807, 2.05) is 23.8 Å². The minimum Gasteiger partial charge on any atom is -0.481 e. The summed E-state index contributed by atoms with van der Waals surface area (Å²) in [6.45, 7) is 3.05. The second-order valence-corrected chi connectivity index (χ2v) is 8.42. The SMILES string of the molecule is CC1NCC2CN(c3ccc(C(=O)NC(CCC(=O)O)C(=O)O)cc3)C1(C(=O)N=C(N)N)N2C. The molecule has 2 aliphatic rings. The number of amides is 2. The Kier molecular flexibility index (Phi) is 7.07. The fourth-order valence-electron chi connectivity index (χ4n) is 4.65. The minimum absolute atomic E-state index is 0.0166. The van der Waals surface area contributed by atoms with Crippen molar-refractivity contribution in [2.75, 3.05) is 25.0 Å². The molecule has 0 aromatic heterocycles. The third-order valence-corrected chi connectivity index (χ3v) is 6.39. The van der Waals surface area contributed by atoms with Gasteiger partial charge in [0.05, 0.1) is 6.04 Å². The number of fused-ring (bicyclic) bond motifs is 2. The maximum atomic E-state index is 13.2. The van der Waals surface area contributed by atoms with Gasteiger partial charge in [0, 0.05) is 36.8 Å². The van der Waals surface area contributed by atoms with Gasteiger partial charge in [0.1, 0.15) is 6.04 Å². The third kappa shape index (κ3) is 4.52. The van der Waals surface area contributed by atoms with E-state index in [9.17, 15) is 24.3 Å². The van der Waals surface area contributed by atoms with Crippen molar-refractivity contribution in [1.29, 1.82) is 0 Å². The molecular weight excluding hydrogens is 446 g/mol. The summed E-state index contributed by atoms with van der Waals surface area (Å²) in [4.78, 5) is 55.6. The van der Waals surface area contributed by atoms with E-state index in [2.05, 4.69) is 15.6 Å². The van der Waals surface area contributed by atoms with E-state index in [-0.39, 0.29) is 30.0 Å². The molecule has 8 N–H and O–H groups in total. The van der Waals surface area contributed by atoms with Gasteiger partial charge in [0.15, 0.2) is 11.6 Å². The zero-order valence-corrected chi connectivity index (χ0v) is 18.9. The van der Waals surface area contributed by atoms with Crippen LogP contribution in [0.3, 0.4) is 0 Å². The van der Waals surface area contributed by atoms with Crippen molar-refractivity contribution in [2.45, 2.75) is 43.6 Å². The summed E-state index contributed by atoms with van der Waals surface area (Å²) in [5.41, 5.74) is 10.6. The molecule has 2 heterocycles. The van der Waals surface area contributed by atoms with Crippen LogP contribution >= 0.6 is 0 Å². The molecule has 0 spiro atoms. The van der Waals surface area contributed by atoms with E-state index in [4.69, 9.17) is 16.6 Å². The maximum Gasteiger partial charge on any atom is 0.326 e. The van der Waals surface area contributed by atoms with Crippen LogP contribution in [0, 0.1) is 0 Å². The zero-order chi connectivity index (χ0) is 25.2. The molecule has 0 aliphatic carbocycles. The van der Waals surface area contributed by atoms with Crippen LogP contribution in [0.5, 0.6) is 0 Å². The molecule has 1 aromatic carbocycles. The van der Waals surface area contributed by atoms with E-state index >= 15 is 0 Å². The summed E-state index contributed by atoms with van der Waals surface area (Å²) in [6.07, 6.45) is -0.631. The molecule has 0 radical (unpaired) electrons. The Hall–Kier alpha value is -3.71. The average Bonchev–Trinajstić information content (AvgIpc) is 2.96. The van der Waals surface area contributed by atoms with Gasteiger partial charge < -0.3 is 37.2 Å². The highest BCUT2D eigenvalue weighted by molar-refractivity contribution is 6.00. The first-order chi connectivity index (χ1) is 16.0. The molecule has 4 atom stereocenters. The number of hydrogen-bond acceptors (Lipinski definition) is 7. The molecule has 13 nitrogen and oxygen atoms in total. The number of carboxylic acids is 2. The fraction of sp³-hybridized carbons (Fsp3) is 0.476. The quantitative estimate of drug-likeness (QED) is 0.185. The highest BCUT2D eigenvalue weighted by atomic mass is 16.4. The molecule has 13 heteroatoms. The molecule has 2 aliphatic heterocycles. The Morgan fingerprint density at radius 1 is 1.24 bits per heavy atom. The number of rotatable bonds is 8. The first kappa shape index (κ1) is 24.9. The topological polar surface area (TPSA) is 204 Å². The number of aliphatic imine (C=N–C) groups is 1.